The minimum atomic E-state index is -0.783. The molecule has 0 heterocycles. The highest BCUT2D eigenvalue weighted by molar-refractivity contribution is 7.99. The number of thioether (sulfide) groups is 1. The zero-order chi connectivity index (χ0) is 26.9. The summed E-state index contributed by atoms with van der Waals surface area (Å²) in [7, 11) is 0. The Morgan fingerprint density at radius 2 is 1.61 bits per heavy atom. The Balaban J connectivity index is 1.59. The first-order valence-corrected chi connectivity index (χ1v) is 14.7. The van der Waals surface area contributed by atoms with E-state index in [1.54, 1.807) is 36.4 Å². The SMILES string of the molecule is O=C(NC1CCCC1)C(Cc1ccccc1)N(Cc1ccccc1F)C(=O)CSCc1c(Cl)cccc1Cl. The highest BCUT2D eigenvalue weighted by atomic mass is 35.5. The lowest BCUT2D eigenvalue weighted by atomic mass is 10.0. The third-order valence-electron chi connectivity index (χ3n) is 6.80. The second kappa shape index (κ2) is 14.0. The summed E-state index contributed by atoms with van der Waals surface area (Å²) in [6.45, 7) is -0.00545. The van der Waals surface area contributed by atoms with Gasteiger partial charge in [-0.1, -0.05) is 90.6 Å². The van der Waals surface area contributed by atoms with Crippen LogP contribution in [0.1, 0.15) is 42.4 Å². The van der Waals surface area contributed by atoms with Gasteiger partial charge in [0.2, 0.25) is 11.8 Å². The van der Waals surface area contributed by atoms with Crippen molar-refractivity contribution in [1.29, 1.82) is 0 Å². The summed E-state index contributed by atoms with van der Waals surface area (Å²) in [6, 6.07) is 20.6. The fourth-order valence-electron chi connectivity index (χ4n) is 4.73. The van der Waals surface area contributed by atoms with E-state index in [1.165, 1.54) is 22.7 Å². The highest BCUT2D eigenvalue weighted by Crippen LogP contribution is 2.29. The smallest absolute Gasteiger partial charge is 0.243 e. The summed E-state index contributed by atoms with van der Waals surface area (Å²) in [4.78, 5) is 28.9. The van der Waals surface area contributed by atoms with Crippen LogP contribution in [0.25, 0.3) is 0 Å². The molecule has 1 saturated carbocycles. The van der Waals surface area contributed by atoms with Gasteiger partial charge in [0.1, 0.15) is 11.9 Å². The zero-order valence-corrected chi connectivity index (χ0v) is 23.4. The number of nitrogens with zero attached hydrogens (tertiary/aromatic N) is 1. The van der Waals surface area contributed by atoms with Crippen LogP contribution in [0.2, 0.25) is 10.0 Å². The van der Waals surface area contributed by atoms with E-state index in [9.17, 15) is 14.0 Å². The molecule has 0 spiro atoms. The quantitative estimate of drug-likeness (QED) is 0.267. The predicted molar refractivity (Wildman–Crippen MR) is 154 cm³/mol. The summed E-state index contributed by atoms with van der Waals surface area (Å²) in [5.74, 6) is -0.322. The van der Waals surface area contributed by atoms with E-state index in [4.69, 9.17) is 23.2 Å². The van der Waals surface area contributed by atoms with Gasteiger partial charge in [0.15, 0.2) is 0 Å². The summed E-state index contributed by atoms with van der Waals surface area (Å²) >= 11 is 14.0. The summed E-state index contributed by atoms with van der Waals surface area (Å²) in [5.41, 5.74) is 2.06. The molecule has 3 aromatic carbocycles. The average molecular weight is 574 g/mol. The molecule has 1 aliphatic rings. The van der Waals surface area contributed by atoms with Gasteiger partial charge in [-0.2, -0.15) is 0 Å². The number of carbonyl (C=O) groups is 2. The van der Waals surface area contributed by atoms with Crippen molar-refractivity contribution in [1.82, 2.24) is 10.2 Å². The molecule has 1 N–H and O–H groups in total. The summed E-state index contributed by atoms with van der Waals surface area (Å²) < 4.78 is 14.7. The number of benzene rings is 3. The van der Waals surface area contributed by atoms with Crippen molar-refractivity contribution < 1.29 is 14.0 Å². The van der Waals surface area contributed by atoms with Gasteiger partial charge in [-0.05, 0) is 42.2 Å². The van der Waals surface area contributed by atoms with Crippen molar-refractivity contribution in [2.45, 2.75) is 56.5 Å². The second-order valence-corrected chi connectivity index (χ2v) is 11.3. The van der Waals surface area contributed by atoms with Crippen molar-refractivity contribution in [3.05, 3.63) is 105 Å². The van der Waals surface area contributed by atoms with Gasteiger partial charge < -0.3 is 10.2 Å². The number of rotatable bonds is 11. The van der Waals surface area contributed by atoms with Gasteiger partial charge in [-0.3, -0.25) is 9.59 Å². The minimum absolute atomic E-state index is 0.00545. The van der Waals surface area contributed by atoms with E-state index < -0.39 is 11.9 Å². The largest absolute Gasteiger partial charge is 0.352 e. The van der Waals surface area contributed by atoms with Crippen molar-refractivity contribution >= 4 is 46.8 Å². The fraction of sp³-hybridized carbons (Fsp3) is 0.333. The van der Waals surface area contributed by atoms with E-state index in [0.29, 0.717) is 27.8 Å². The molecular formula is C30H31Cl2FN2O2S. The van der Waals surface area contributed by atoms with E-state index in [1.807, 2.05) is 30.3 Å². The monoisotopic (exact) mass is 572 g/mol. The van der Waals surface area contributed by atoms with Crippen molar-refractivity contribution in [2.75, 3.05) is 5.75 Å². The molecule has 0 aliphatic heterocycles. The topological polar surface area (TPSA) is 49.4 Å². The van der Waals surface area contributed by atoms with Gasteiger partial charge in [-0.25, -0.2) is 4.39 Å². The molecule has 0 aromatic heterocycles. The lowest BCUT2D eigenvalue weighted by Crippen LogP contribution is -2.52. The number of halogens is 3. The highest BCUT2D eigenvalue weighted by Gasteiger charge is 2.32. The fourth-order valence-corrected chi connectivity index (χ4v) is 6.37. The molecule has 1 atom stereocenters. The van der Waals surface area contributed by atoms with E-state index in [2.05, 4.69) is 5.32 Å². The van der Waals surface area contributed by atoms with Crippen LogP contribution < -0.4 is 5.32 Å². The molecule has 200 valence electrons. The van der Waals surface area contributed by atoms with Crippen LogP contribution in [0, 0.1) is 5.82 Å². The molecule has 1 aliphatic carbocycles. The van der Waals surface area contributed by atoms with Gasteiger partial charge >= 0.3 is 0 Å². The zero-order valence-electron chi connectivity index (χ0n) is 21.0. The maximum atomic E-state index is 14.7. The van der Waals surface area contributed by atoms with Gasteiger partial charge in [0.05, 0.1) is 5.75 Å². The summed E-state index contributed by atoms with van der Waals surface area (Å²) in [6.07, 6.45) is 4.35. The van der Waals surface area contributed by atoms with Gasteiger partial charge in [0, 0.05) is 40.4 Å². The second-order valence-electron chi connectivity index (χ2n) is 9.50. The standard InChI is InChI=1S/C30H31Cl2FN2O2S/c31-25-14-8-15-26(32)24(25)19-38-20-29(36)35(18-22-11-4-7-16-27(22)33)28(17-21-9-2-1-3-10-21)30(37)34-23-12-5-6-13-23/h1-4,7-11,14-16,23,28H,5-6,12-13,17-20H2,(H,34,37). The third-order valence-corrected chi connectivity index (χ3v) is 8.46. The summed E-state index contributed by atoms with van der Waals surface area (Å²) in [5, 5.41) is 4.24. The first-order valence-electron chi connectivity index (χ1n) is 12.8. The molecule has 2 amide bonds. The van der Waals surface area contributed by atoms with Crippen molar-refractivity contribution in [2.24, 2.45) is 0 Å². The van der Waals surface area contributed by atoms with Crippen LogP contribution >= 0.6 is 35.0 Å². The molecular weight excluding hydrogens is 542 g/mol. The maximum Gasteiger partial charge on any atom is 0.243 e. The molecule has 1 unspecified atom stereocenters. The Bertz CT molecular complexity index is 1220. The van der Waals surface area contributed by atoms with Gasteiger partial charge in [0.25, 0.3) is 0 Å². The Kier molecular flexibility index (Phi) is 10.5. The average Bonchev–Trinajstić information content (AvgIpc) is 3.42. The molecule has 0 bridgehead atoms. The number of hydrogen-bond acceptors (Lipinski definition) is 3. The first kappa shape index (κ1) is 28.5. The Labute approximate surface area is 237 Å². The van der Waals surface area contributed by atoms with Crippen LogP contribution in [0.4, 0.5) is 4.39 Å². The molecule has 8 heteroatoms. The van der Waals surface area contributed by atoms with E-state index in [0.717, 1.165) is 36.8 Å². The molecule has 0 radical (unpaired) electrons. The molecule has 4 nitrogen and oxygen atoms in total. The van der Waals surface area contributed by atoms with Crippen LogP contribution in [0.15, 0.2) is 72.8 Å². The predicted octanol–water partition coefficient (Wildman–Crippen LogP) is 7.06. The molecule has 1 fully saturated rings. The molecule has 38 heavy (non-hydrogen) atoms. The molecule has 3 aromatic rings. The van der Waals surface area contributed by atoms with Gasteiger partial charge in [-0.15, -0.1) is 11.8 Å². The Hall–Kier alpha value is -2.54. The number of amides is 2. The van der Waals surface area contributed by atoms with Crippen LogP contribution in [0.3, 0.4) is 0 Å². The van der Waals surface area contributed by atoms with Crippen molar-refractivity contribution in [3.8, 4) is 0 Å². The Morgan fingerprint density at radius 1 is 0.947 bits per heavy atom. The van der Waals surface area contributed by atoms with Crippen LogP contribution in [-0.4, -0.2) is 34.6 Å². The first-order chi connectivity index (χ1) is 18.4. The van der Waals surface area contributed by atoms with Crippen LogP contribution in [0.5, 0.6) is 0 Å². The normalized spacial score (nSPS) is 14.3. The van der Waals surface area contributed by atoms with Crippen LogP contribution in [-0.2, 0) is 28.3 Å². The lowest BCUT2D eigenvalue weighted by molar-refractivity contribution is -0.139. The van der Waals surface area contributed by atoms with Crippen molar-refractivity contribution in [3.63, 3.8) is 0 Å². The van der Waals surface area contributed by atoms with E-state index in [-0.39, 0.29) is 30.2 Å². The lowest BCUT2D eigenvalue weighted by Gasteiger charge is -2.32. The third kappa shape index (κ3) is 7.75. The number of nitrogens with one attached hydrogen (secondary N) is 1. The Morgan fingerprint density at radius 3 is 2.29 bits per heavy atom. The molecule has 4 rings (SSSR count). The molecule has 0 saturated heterocycles. The minimum Gasteiger partial charge on any atom is -0.352 e. The number of hydrogen-bond donors (Lipinski definition) is 1. The number of carbonyl (C=O) groups excluding carboxylic acids is 2. The maximum absolute atomic E-state index is 14.7. The van der Waals surface area contributed by atoms with E-state index >= 15 is 0 Å².